The van der Waals surface area contributed by atoms with Gasteiger partial charge in [-0.2, -0.15) is 0 Å². The molecule has 0 aromatic heterocycles. The normalized spacial score (nSPS) is 13.7. The van der Waals surface area contributed by atoms with Crippen molar-refractivity contribution < 1.29 is 37.3 Å². The molecule has 9 heteroatoms. The van der Waals surface area contributed by atoms with E-state index >= 15 is 0 Å². The van der Waals surface area contributed by atoms with E-state index in [0.717, 1.165) is 44.9 Å². The molecule has 0 aromatic rings. The van der Waals surface area contributed by atoms with Crippen LogP contribution in [0.25, 0.3) is 0 Å². The molecule has 8 nitrogen and oxygen atoms in total. The van der Waals surface area contributed by atoms with Crippen LogP contribution in [0.15, 0.2) is 24.3 Å². The highest BCUT2D eigenvalue weighted by molar-refractivity contribution is 7.47. The summed E-state index contributed by atoms with van der Waals surface area (Å²) < 4.78 is 35.2. The van der Waals surface area contributed by atoms with Crippen molar-refractivity contribution in [1.82, 2.24) is 0 Å². The molecular formula is C53H105NO7P+. The average molecular weight is 899 g/mol. The van der Waals surface area contributed by atoms with Gasteiger partial charge in [0.15, 0.2) is 0 Å². The van der Waals surface area contributed by atoms with E-state index in [1.807, 2.05) is 21.1 Å². The predicted octanol–water partition coefficient (Wildman–Crippen LogP) is 16.3. The Morgan fingerprint density at radius 3 is 1.34 bits per heavy atom. The van der Waals surface area contributed by atoms with Crippen LogP contribution in [0, 0.1) is 0 Å². The molecular weight excluding hydrogens is 794 g/mol. The van der Waals surface area contributed by atoms with Crippen LogP contribution < -0.4 is 0 Å². The fourth-order valence-electron chi connectivity index (χ4n) is 7.64. The van der Waals surface area contributed by atoms with Gasteiger partial charge in [0.1, 0.15) is 19.3 Å². The molecule has 0 radical (unpaired) electrons. The summed E-state index contributed by atoms with van der Waals surface area (Å²) in [5, 5.41) is 0. The Morgan fingerprint density at radius 2 is 0.887 bits per heavy atom. The smallest absolute Gasteiger partial charge is 0.457 e. The Morgan fingerprint density at radius 1 is 0.500 bits per heavy atom. The SMILES string of the molecule is CCCCC/C=C\C/C=C\CCCCCCCCOCC(COP(=O)(O)OCC[N+](C)(C)C)OC(=O)CCCCCCCCCCCCCCCCCCCCCCCCCC. The minimum atomic E-state index is -4.28. The fourth-order valence-corrected chi connectivity index (χ4v) is 8.39. The molecule has 0 bridgehead atoms. The maximum Gasteiger partial charge on any atom is 0.472 e. The zero-order valence-electron chi connectivity index (χ0n) is 41.9. The standard InChI is InChI=1S/C53H104NO7P/c1-6-8-10-12-14-16-18-20-22-24-25-26-27-28-29-30-31-32-34-36-38-40-42-44-46-53(55)61-52(51-60-62(56,57)59-49-47-54(3,4)5)50-58-48-45-43-41-39-37-35-33-23-21-19-17-15-13-11-9-7-2/h15,17,21,23,52H,6-14,16,18-20,22,24-51H2,1-5H3/p+1/b17-15-,23-21-. The van der Waals surface area contributed by atoms with Crippen molar-refractivity contribution in [3.8, 4) is 0 Å². The van der Waals surface area contributed by atoms with Gasteiger partial charge in [0, 0.05) is 13.0 Å². The molecule has 0 aliphatic carbocycles. The molecule has 368 valence electrons. The lowest BCUT2D eigenvalue weighted by molar-refractivity contribution is -0.870. The molecule has 0 heterocycles. The Kier molecular flexibility index (Phi) is 45.7. The van der Waals surface area contributed by atoms with Crippen molar-refractivity contribution in [3.05, 3.63) is 24.3 Å². The summed E-state index contributed by atoms with van der Waals surface area (Å²) >= 11 is 0. The molecule has 2 unspecified atom stereocenters. The number of likely N-dealkylation sites (N-methyl/N-ethyl adjacent to an activating group) is 1. The van der Waals surface area contributed by atoms with Gasteiger partial charge in [-0.1, -0.05) is 224 Å². The second-order valence-corrected chi connectivity index (χ2v) is 20.7. The Labute approximate surface area is 385 Å². The predicted molar refractivity (Wildman–Crippen MR) is 266 cm³/mol. The summed E-state index contributed by atoms with van der Waals surface area (Å²) in [4.78, 5) is 23.0. The van der Waals surface area contributed by atoms with Gasteiger partial charge in [-0.15, -0.1) is 0 Å². The van der Waals surface area contributed by atoms with E-state index in [0.29, 0.717) is 24.1 Å². The van der Waals surface area contributed by atoms with E-state index < -0.39 is 13.9 Å². The third kappa shape index (κ3) is 50.0. The van der Waals surface area contributed by atoms with Gasteiger partial charge in [0.25, 0.3) is 0 Å². The molecule has 0 spiro atoms. The molecule has 0 aliphatic rings. The van der Waals surface area contributed by atoms with Crippen molar-refractivity contribution in [2.75, 3.05) is 54.1 Å². The number of allylic oxidation sites excluding steroid dienone is 4. The number of nitrogens with zero attached hydrogens (tertiary/aromatic N) is 1. The van der Waals surface area contributed by atoms with E-state index in [4.69, 9.17) is 18.5 Å². The fraction of sp³-hybridized carbons (Fsp3) is 0.906. The summed E-state index contributed by atoms with van der Waals surface area (Å²) in [7, 11) is 1.67. The third-order valence-electron chi connectivity index (χ3n) is 11.8. The first kappa shape index (κ1) is 61.0. The maximum absolute atomic E-state index is 12.8. The summed E-state index contributed by atoms with van der Waals surface area (Å²) in [6.45, 7) is 5.62. The van der Waals surface area contributed by atoms with E-state index in [-0.39, 0.29) is 25.8 Å². The highest BCUT2D eigenvalue weighted by atomic mass is 31.2. The topological polar surface area (TPSA) is 91.3 Å². The largest absolute Gasteiger partial charge is 0.472 e. The lowest BCUT2D eigenvalue weighted by atomic mass is 10.0. The summed E-state index contributed by atoms with van der Waals surface area (Å²) in [5.41, 5.74) is 0. The van der Waals surface area contributed by atoms with Crippen LogP contribution in [0.1, 0.15) is 251 Å². The molecule has 62 heavy (non-hydrogen) atoms. The number of quaternary nitrogens is 1. The Bertz CT molecular complexity index is 1050. The van der Waals surface area contributed by atoms with E-state index in [9.17, 15) is 14.3 Å². The first-order valence-electron chi connectivity index (χ1n) is 26.6. The van der Waals surface area contributed by atoms with Crippen molar-refractivity contribution in [2.45, 2.75) is 258 Å². The highest BCUT2D eigenvalue weighted by Gasteiger charge is 2.26. The van der Waals surface area contributed by atoms with Gasteiger partial charge in [-0.05, 0) is 44.9 Å². The third-order valence-corrected chi connectivity index (χ3v) is 12.7. The molecule has 0 aliphatic heterocycles. The molecule has 0 saturated carbocycles. The van der Waals surface area contributed by atoms with Gasteiger partial charge in [0.2, 0.25) is 0 Å². The minimum Gasteiger partial charge on any atom is -0.457 e. The minimum absolute atomic E-state index is 0.0886. The maximum atomic E-state index is 12.8. The Hall–Kier alpha value is -1.02. The van der Waals surface area contributed by atoms with Crippen LogP contribution in [0.4, 0.5) is 0 Å². The second kappa shape index (κ2) is 46.5. The summed E-state index contributed by atoms with van der Waals surface area (Å²) in [5.74, 6) is -0.312. The molecule has 0 amide bonds. The first-order chi connectivity index (χ1) is 30.1. The van der Waals surface area contributed by atoms with Crippen LogP contribution in [0.2, 0.25) is 0 Å². The number of unbranched alkanes of at least 4 members (excludes halogenated alkanes) is 32. The molecule has 0 rings (SSSR count). The zero-order chi connectivity index (χ0) is 45.5. The van der Waals surface area contributed by atoms with Gasteiger partial charge in [0.05, 0.1) is 34.4 Å². The molecule has 0 saturated heterocycles. The number of hydrogen-bond acceptors (Lipinski definition) is 6. The van der Waals surface area contributed by atoms with Gasteiger partial charge in [-0.25, -0.2) is 4.57 Å². The highest BCUT2D eigenvalue weighted by Crippen LogP contribution is 2.43. The molecule has 2 atom stereocenters. The number of phosphoric acid groups is 1. The van der Waals surface area contributed by atoms with Crippen LogP contribution in [-0.2, 0) is 27.9 Å². The van der Waals surface area contributed by atoms with Crippen molar-refractivity contribution in [2.24, 2.45) is 0 Å². The van der Waals surface area contributed by atoms with E-state index in [2.05, 4.69) is 38.2 Å². The number of carbonyl (C=O) groups excluding carboxylic acids is 1. The molecule has 0 fully saturated rings. The van der Waals surface area contributed by atoms with Crippen molar-refractivity contribution in [3.63, 3.8) is 0 Å². The van der Waals surface area contributed by atoms with Crippen LogP contribution >= 0.6 is 7.82 Å². The van der Waals surface area contributed by atoms with E-state index in [1.165, 1.54) is 186 Å². The summed E-state index contributed by atoms with van der Waals surface area (Å²) in [6, 6.07) is 0. The number of phosphoric ester groups is 1. The number of ether oxygens (including phenoxy) is 2. The van der Waals surface area contributed by atoms with Gasteiger partial charge >= 0.3 is 13.8 Å². The molecule has 1 N–H and O–H groups in total. The van der Waals surface area contributed by atoms with Crippen molar-refractivity contribution in [1.29, 1.82) is 0 Å². The van der Waals surface area contributed by atoms with Gasteiger partial charge < -0.3 is 18.9 Å². The lowest BCUT2D eigenvalue weighted by Gasteiger charge is -2.24. The average Bonchev–Trinajstić information content (AvgIpc) is 3.23. The van der Waals surface area contributed by atoms with Crippen LogP contribution in [0.3, 0.4) is 0 Å². The Balaban J connectivity index is 4.06. The first-order valence-corrected chi connectivity index (χ1v) is 28.1. The number of hydrogen-bond donors (Lipinski definition) is 1. The van der Waals surface area contributed by atoms with Crippen LogP contribution in [-0.4, -0.2) is 75.6 Å². The molecule has 0 aromatic carbocycles. The van der Waals surface area contributed by atoms with E-state index in [1.54, 1.807) is 0 Å². The number of esters is 1. The number of rotatable bonds is 50. The lowest BCUT2D eigenvalue weighted by Crippen LogP contribution is -2.37. The number of carbonyl (C=O) groups is 1. The quantitative estimate of drug-likeness (QED) is 0.0214. The second-order valence-electron chi connectivity index (χ2n) is 19.3. The summed E-state index contributed by atoms with van der Waals surface area (Å²) in [6.07, 6.45) is 55.2. The van der Waals surface area contributed by atoms with Crippen LogP contribution in [0.5, 0.6) is 0 Å². The van der Waals surface area contributed by atoms with Gasteiger partial charge in [-0.3, -0.25) is 13.8 Å². The zero-order valence-corrected chi connectivity index (χ0v) is 42.8. The monoisotopic (exact) mass is 899 g/mol. The van der Waals surface area contributed by atoms with Crippen molar-refractivity contribution >= 4 is 13.8 Å².